The Morgan fingerprint density at radius 1 is 1.36 bits per heavy atom. The maximum atomic E-state index is 11.8. The van der Waals surface area contributed by atoms with Crippen molar-refractivity contribution in [2.45, 2.75) is 33.2 Å². The first-order valence-electron chi connectivity index (χ1n) is 7.24. The van der Waals surface area contributed by atoms with Crippen molar-refractivity contribution < 1.29 is 19.4 Å². The molecule has 0 aliphatic heterocycles. The normalized spacial score (nSPS) is 11.8. The highest BCUT2D eigenvalue weighted by Gasteiger charge is 2.19. The van der Waals surface area contributed by atoms with Crippen LogP contribution in [-0.4, -0.2) is 41.1 Å². The van der Waals surface area contributed by atoms with Crippen molar-refractivity contribution in [1.29, 1.82) is 0 Å². The molecule has 0 radical (unpaired) electrons. The predicted octanol–water partition coefficient (Wildman–Crippen LogP) is 2.39. The summed E-state index contributed by atoms with van der Waals surface area (Å²) < 4.78 is 5.45. The minimum absolute atomic E-state index is 0.186. The first-order valence-corrected chi connectivity index (χ1v) is 8.39. The summed E-state index contributed by atoms with van der Waals surface area (Å²) in [5.74, 6) is 0.821. The summed E-state index contributed by atoms with van der Waals surface area (Å²) in [5, 5.41) is 11.6. The van der Waals surface area contributed by atoms with Crippen molar-refractivity contribution >= 4 is 23.6 Å². The van der Waals surface area contributed by atoms with Gasteiger partial charge in [-0.05, 0) is 43.4 Å². The molecule has 0 spiro atoms. The van der Waals surface area contributed by atoms with Gasteiger partial charge in [-0.1, -0.05) is 24.6 Å². The number of carboxylic acid groups (broad SMARTS) is 1. The van der Waals surface area contributed by atoms with Gasteiger partial charge in [-0.25, -0.2) is 4.79 Å². The number of carbonyl (C=O) groups is 2. The lowest BCUT2D eigenvalue weighted by Gasteiger charge is -2.15. The molecule has 0 aliphatic rings. The average molecular weight is 325 g/mol. The van der Waals surface area contributed by atoms with Gasteiger partial charge in [0.05, 0.1) is 0 Å². The molecule has 0 bridgehead atoms. The van der Waals surface area contributed by atoms with Gasteiger partial charge in [0.1, 0.15) is 11.8 Å². The molecule has 6 heteroatoms. The van der Waals surface area contributed by atoms with Crippen molar-refractivity contribution in [2.75, 3.05) is 18.1 Å². The molecule has 0 heterocycles. The average Bonchev–Trinajstić information content (AvgIpc) is 2.45. The molecular formula is C16H23NO4S. The van der Waals surface area contributed by atoms with E-state index in [-0.39, 0.29) is 6.61 Å². The van der Waals surface area contributed by atoms with Gasteiger partial charge >= 0.3 is 5.97 Å². The molecule has 1 amide bonds. The number of aliphatic carboxylic acids is 1. The summed E-state index contributed by atoms with van der Waals surface area (Å²) in [7, 11) is 0. The number of rotatable bonds is 9. The smallest absolute Gasteiger partial charge is 0.326 e. The van der Waals surface area contributed by atoms with Crippen molar-refractivity contribution in [3.05, 3.63) is 29.3 Å². The topological polar surface area (TPSA) is 75.6 Å². The van der Waals surface area contributed by atoms with Crippen molar-refractivity contribution in [3.63, 3.8) is 0 Å². The van der Waals surface area contributed by atoms with Gasteiger partial charge in [0.2, 0.25) is 0 Å². The zero-order valence-electron chi connectivity index (χ0n) is 13.2. The number of thioether (sulfide) groups is 1. The van der Waals surface area contributed by atoms with E-state index in [1.165, 1.54) is 0 Å². The Hall–Kier alpha value is -1.69. The number of amides is 1. The minimum atomic E-state index is -1.02. The first kappa shape index (κ1) is 18.4. The molecule has 1 aromatic carbocycles. The van der Waals surface area contributed by atoms with E-state index in [1.807, 2.05) is 39.0 Å². The zero-order chi connectivity index (χ0) is 16.5. The summed E-state index contributed by atoms with van der Waals surface area (Å²) in [6, 6.07) is 4.82. The van der Waals surface area contributed by atoms with Crippen molar-refractivity contribution in [1.82, 2.24) is 5.32 Å². The molecule has 0 aliphatic carbocycles. The van der Waals surface area contributed by atoms with Crippen LogP contribution in [0, 0.1) is 13.8 Å². The van der Waals surface area contributed by atoms with Crippen LogP contribution in [0.2, 0.25) is 0 Å². The highest BCUT2D eigenvalue weighted by Crippen LogP contribution is 2.18. The Morgan fingerprint density at radius 3 is 2.68 bits per heavy atom. The monoisotopic (exact) mass is 325 g/mol. The van der Waals surface area contributed by atoms with E-state index in [1.54, 1.807) is 11.8 Å². The molecule has 0 aromatic heterocycles. The van der Waals surface area contributed by atoms with Crippen LogP contribution in [0.25, 0.3) is 0 Å². The second-order valence-corrected chi connectivity index (χ2v) is 6.40. The number of nitrogens with one attached hydrogen (secondary N) is 1. The molecule has 5 nitrogen and oxygen atoms in total. The van der Waals surface area contributed by atoms with Crippen LogP contribution in [0.3, 0.4) is 0 Å². The lowest BCUT2D eigenvalue weighted by molar-refractivity contribution is -0.142. The first-order chi connectivity index (χ1) is 10.4. The highest BCUT2D eigenvalue weighted by molar-refractivity contribution is 7.99. The molecule has 2 N–H and O–H groups in total. The molecule has 0 saturated carbocycles. The van der Waals surface area contributed by atoms with Gasteiger partial charge < -0.3 is 15.2 Å². The van der Waals surface area contributed by atoms with Crippen molar-refractivity contribution in [2.24, 2.45) is 0 Å². The molecule has 0 saturated heterocycles. The van der Waals surface area contributed by atoms with Gasteiger partial charge in [0.25, 0.3) is 5.91 Å². The number of hydrogen-bond acceptors (Lipinski definition) is 4. The predicted molar refractivity (Wildman–Crippen MR) is 88.6 cm³/mol. The Bertz CT molecular complexity index is 519. The Balaban J connectivity index is 2.47. The molecule has 1 aromatic rings. The van der Waals surface area contributed by atoms with Gasteiger partial charge in [-0.3, -0.25) is 4.79 Å². The number of ether oxygens (including phenoxy) is 1. The maximum absolute atomic E-state index is 11.8. The highest BCUT2D eigenvalue weighted by atomic mass is 32.2. The second-order valence-electron chi connectivity index (χ2n) is 5.00. The Kier molecular flexibility index (Phi) is 7.80. The van der Waals surface area contributed by atoms with E-state index < -0.39 is 17.9 Å². The van der Waals surface area contributed by atoms with E-state index in [2.05, 4.69) is 5.32 Å². The van der Waals surface area contributed by atoms with Crippen LogP contribution in [0.1, 0.15) is 24.5 Å². The molecular weight excluding hydrogens is 302 g/mol. The zero-order valence-corrected chi connectivity index (χ0v) is 14.0. The van der Waals surface area contributed by atoms with Crippen LogP contribution in [-0.2, 0) is 9.59 Å². The number of carbonyl (C=O) groups excluding carboxylic acids is 1. The van der Waals surface area contributed by atoms with E-state index in [0.717, 1.165) is 16.9 Å². The molecule has 22 heavy (non-hydrogen) atoms. The molecule has 0 fully saturated rings. The number of aryl methyl sites for hydroxylation is 2. The fourth-order valence-corrected chi connectivity index (χ4v) is 2.63. The molecule has 1 atom stereocenters. The summed E-state index contributed by atoms with van der Waals surface area (Å²) >= 11 is 1.65. The van der Waals surface area contributed by atoms with Gasteiger partial charge in [0.15, 0.2) is 6.61 Å². The third-order valence-electron chi connectivity index (χ3n) is 3.08. The van der Waals surface area contributed by atoms with E-state index in [4.69, 9.17) is 9.84 Å². The number of carboxylic acids is 1. The fraction of sp³-hybridized carbons (Fsp3) is 0.500. The summed E-state index contributed by atoms with van der Waals surface area (Å²) in [6.45, 7) is 5.71. The van der Waals surface area contributed by atoms with Crippen LogP contribution in [0.5, 0.6) is 5.75 Å². The van der Waals surface area contributed by atoms with Gasteiger partial charge in [-0.2, -0.15) is 11.8 Å². The van der Waals surface area contributed by atoms with Crippen molar-refractivity contribution in [3.8, 4) is 5.75 Å². The quantitative estimate of drug-likeness (QED) is 0.682. The number of benzene rings is 1. The summed E-state index contributed by atoms with van der Waals surface area (Å²) in [4.78, 5) is 23.0. The summed E-state index contributed by atoms with van der Waals surface area (Å²) in [5.41, 5.74) is 2.07. The van der Waals surface area contributed by atoms with Gasteiger partial charge in [-0.15, -0.1) is 0 Å². The standard InChI is InChI=1S/C16H23NO4S/c1-4-22-8-7-13(16(19)20)17-15(18)10-21-14-6-5-11(2)9-12(14)3/h5-6,9,13H,4,7-8,10H2,1-3H3,(H,17,18)(H,19,20). The Labute approximate surface area is 135 Å². The van der Waals surface area contributed by atoms with E-state index >= 15 is 0 Å². The third kappa shape index (κ3) is 6.39. The van der Waals surface area contributed by atoms with Crippen LogP contribution in [0.4, 0.5) is 0 Å². The van der Waals surface area contributed by atoms with Crippen LogP contribution in [0.15, 0.2) is 18.2 Å². The maximum Gasteiger partial charge on any atom is 0.326 e. The molecule has 1 unspecified atom stereocenters. The second kappa shape index (κ2) is 9.35. The van der Waals surface area contributed by atoms with Crippen LogP contribution < -0.4 is 10.1 Å². The molecule has 1 rings (SSSR count). The number of hydrogen-bond donors (Lipinski definition) is 2. The lowest BCUT2D eigenvalue weighted by atomic mass is 10.1. The summed E-state index contributed by atoms with van der Waals surface area (Å²) in [6.07, 6.45) is 0.406. The lowest BCUT2D eigenvalue weighted by Crippen LogP contribution is -2.43. The Morgan fingerprint density at radius 2 is 2.09 bits per heavy atom. The van der Waals surface area contributed by atoms with E-state index in [0.29, 0.717) is 17.9 Å². The fourth-order valence-electron chi connectivity index (χ4n) is 1.94. The molecule has 122 valence electrons. The van der Waals surface area contributed by atoms with Gasteiger partial charge in [0, 0.05) is 0 Å². The van der Waals surface area contributed by atoms with E-state index in [9.17, 15) is 9.59 Å². The largest absolute Gasteiger partial charge is 0.484 e. The third-order valence-corrected chi connectivity index (χ3v) is 4.01. The van der Waals surface area contributed by atoms with Crippen LogP contribution >= 0.6 is 11.8 Å². The minimum Gasteiger partial charge on any atom is -0.484 e. The SMILES string of the molecule is CCSCCC(NC(=O)COc1ccc(C)cc1C)C(=O)O.